The highest BCUT2D eigenvalue weighted by molar-refractivity contribution is 5.98. The number of hydrogen-bond acceptors (Lipinski definition) is 5. The Morgan fingerprint density at radius 1 is 0.739 bits per heavy atom. The molecule has 8 bridgehead atoms. The Balaban J connectivity index is 1.84. The first kappa shape index (κ1) is 31.9. The van der Waals surface area contributed by atoms with Crippen molar-refractivity contribution in [2.24, 2.45) is 0 Å². The predicted molar refractivity (Wildman–Crippen MR) is 182 cm³/mol. The molecular formula is C36H37N5O5. The van der Waals surface area contributed by atoms with Crippen molar-refractivity contribution in [3.05, 3.63) is 88.5 Å². The number of carboxylic acid groups (broad SMARTS) is 2. The summed E-state index contributed by atoms with van der Waals surface area (Å²) in [5, 5.41) is 20.9. The molecule has 0 atom stereocenters. The molecule has 0 aromatic carbocycles. The first-order valence-electron chi connectivity index (χ1n) is 15.0. The van der Waals surface area contributed by atoms with Gasteiger partial charge in [-0.1, -0.05) is 25.3 Å². The molecule has 3 aromatic heterocycles. The van der Waals surface area contributed by atoms with Crippen molar-refractivity contribution < 1.29 is 24.6 Å². The van der Waals surface area contributed by atoms with E-state index in [2.05, 4.69) is 28.4 Å². The van der Waals surface area contributed by atoms with Gasteiger partial charge in [-0.15, -0.1) is 0 Å². The highest BCUT2D eigenvalue weighted by atomic mass is 16.4. The lowest BCUT2D eigenvalue weighted by Crippen LogP contribution is -2.29. The Labute approximate surface area is 266 Å². The van der Waals surface area contributed by atoms with E-state index in [0.29, 0.717) is 24.2 Å². The number of carbonyl (C=O) groups excluding carboxylic acids is 1. The maximum absolute atomic E-state index is 12.5. The Hall–Kier alpha value is -5.51. The van der Waals surface area contributed by atoms with Gasteiger partial charge >= 0.3 is 11.9 Å². The van der Waals surface area contributed by atoms with E-state index in [9.17, 15) is 19.5 Å². The average Bonchev–Trinajstić information content (AvgIpc) is 3.66. The van der Waals surface area contributed by atoms with E-state index in [0.717, 1.165) is 78.0 Å². The minimum absolute atomic E-state index is 0.0550. The maximum Gasteiger partial charge on any atom is 0.322 e. The first-order valence-corrected chi connectivity index (χ1v) is 15.0. The van der Waals surface area contributed by atoms with Crippen LogP contribution in [0.3, 0.4) is 0 Å². The standard InChI is InChI=1S/C36H37N5O5/c1-7-22-18(3)26-13-27-20(5)24(9-11-34(42)37-17-36(45)46)32(40-27)16-33-25(10-12-35(43)44)21(6)29(41-33)15-31-23(8-2)19(4)28(39-31)14-30(22)38-26/h7-8,13-16,39-40H,1-2,9-12,17H2,3-6H3,(H,37,42)(H,43,44)(H,45,46). The van der Waals surface area contributed by atoms with Crippen molar-refractivity contribution in [1.29, 1.82) is 0 Å². The number of nitrogens with one attached hydrogen (secondary N) is 3. The molecule has 3 aromatic rings. The van der Waals surface area contributed by atoms with E-state index in [1.54, 1.807) is 12.2 Å². The Bertz CT molecular complexity index is 2060. The maximum atomic E-state index is 12.5. The van der Waals surface area contributed by atoms with E-state index in [1.165, 1.54) is 0 Å². The van der Waals surface area contributed by atoms with Gasteiger partial charge in [-0.25, -0.2) is 9.97 Å². The number of carboxylic acids is 2. The van der Waals surface area contributed by atoms with Crippen molar-refractivity contribution in [1.82, 2.24) is 25.3 Å². The van der Waals surface area contributed by atoms with Gasteiger partial charge in [-0.05, 0) is 98.2 Å². The fraction of sp³-hybridized carbons (Fsp3) is 0.250. The Morgan fingerprint density at radius 3 is 2.02 bits per heavy atom. The normalized spacial score (nSPS) is 12.8. The highest BCUT2D eigenvalue weighted by Gasteiger charge is 2.21. The summed E-state index contributed by atoms with van der Waals surface area (Å²) in [6.45, 7) is 15.6. The van der Waals surface area contributed by atoms with Gasteiger partial charge in [0.1, 0.15) is 6.54 Å². The van der Waals surface area contributed by atoms with Crippen LogP contribution in [0.2, 0.25) is 0 Å². The lowest BCUT2D eigenvalue weighted by molar-refractivity contribution is -0.138. The van der Waals surface area contributed by atoms with Crippen LogP contribution in [0, 0.1) is 13.8 Å². The lowest BCUT2D eigenvalue weighted by Gasteiger charge is -2.04. The molecule has 0 fully saturated rings. The van der Waals surface area contributed by atoms with Gasteiger partial charge in [0.05, 0.1) is 22.8 Å². The van der Waals surface area contributed by atoms with Crippen molar-refractivity contribution >= 4 is 68.3 Å². The molecule has 0 saturated heterocycles. The SMILES string of the molecule is C=CC1=C(C)c2cc3[nH]c(cc4nc(cc5[nH]c(cc1n2)c(C)c5C=C)C(C)=C4CCC(=O)O)c(CCC(=O)NCC(=O)O)c3C. The zero-order valence-corrected chi connectivity index (χ0v) is 26.4. The Kier molecular flexibility index (Phi) is 8.91. The molecule has 2 aliphatic heterocycles. The summed E-state index contributed by atoms with van der Waals surface area (Å²) in [6.07, 6.45) is 4.27. The minimum Gasteiger partial charge on any atom is -0.481 e. The van der Waals surface area contributed by atoms with E-state index < -0.39 is 18.5 Å². The molecule has 0 radical (unpaired) electrons. The molecule has 2 aliphatic rings. The van der Waals surface area contributed by atoms with E-state index in [1.807, 2.05) is 52.0 Å². The van der Waals surface area contributed by atoms with Gasteiger partial charge < -0.3 is 25.5 Å². The second kappa shape index (κ2) is 12.8. The van der Waals surface area contributed by atoms with Crippen LogP contribution in [0.25, 0.3) is 50.4 Å². The van der Waals surface area contributed by atoms with Crippen molar-refractivity contribution in [3.8, 4) is 0 Å². The number of carbonyl (C=O) groups is 3. The summed E-state index contributed by atoms with van der Waals surface area (Å²) in [7, 11) is 0. The third-order valence-corrected chi connectivity index (χ3v) is 8.67. The van der Waals surface area contributed by atoms with Crippen molar-refractivity contribution in [2.75, 3.05) is 6.54 Å². The summed E-state index contributed by atoms with van der Waals surface area (Å²) in [5.41, 5.74) is 13.4. The summed E-state index contributed by atoms with van der Waals surface area (Å²) in [6, 6.07) is 7.84. The van der Waals surface area contributed by atoms with E-state index in [-0.39, 0.29) is 18.7 Å². The van der Waals surface area contributed by atoms with Crippen molar-refractivity contribution in [2.45, 2.75) is 53.4 Å². The number of fused-ring (bicyclic) bond motifs is 8. The van der Waals surface area contributed by atoms with Gasteiger partial charge in [0.25, 0.3) is 0 Å². The van der Waals surface area contributed by atoms with Crippen LogP contribution in [-0.4, -0.2) is 54.5 Å². The number of rotatable bonds is 10. The van der Waals surface area contributed by atoms with Crippen molar-refractivity contribution in [3.63, 3.8) is 0 Å². The number of H-pyrrole nitrogens is 2. The molecule has 1 amide bonds. The third kappa shape index (κ3) is 6.19. The largest absolute Gasteiger partial charge is 0.481 e. The number of allylic oxidation sites excluding steroid dienone is 5. The van der Waals surface area contributed by atoms with Gasteiger partial charge in [0, 0.05) is 46.0 Å². The van der Waals surface area contributed by atoms with Crippen LogP contribution in [-0.2, 0) is 20.8 Å². The van der Waals surface area contributed by atoms with Crippen LogP contribution in [0.4, 0.5) is 0 Å². The summed E-state index contributed by atoms with van der Waals surface area (Å²) < 4.78 is 0. The molecule has 0 saturated carbocycles. The Morgan fingerprint density at radius 2 is 1.35 bits per heavy atom. The number of nitrogens with zero attached hydrogens (tertiary/aromatic N) is 2. The summed E-state index contributed by atoms with van der Waals surface area (Å²) in [5.74, 6) is -2.39. The lowest BCUT2D eigenvalue weighted by atomic mass is 10.00. The quantitative estimate of drug-likeness (QED) is 0.170. The predicted octanol–water partition coefficient (Wildman–Crippen LogP) is 6.62. The zero-order valence-electron chi connectivity index (χ0n) is 26.4. The molecule has 10 heteroatoms. The molecule has 46 heavy (non-hydrogen) atoms. The number of aryl methyl sites for hydroxylation is 3. The van der Waals surface area contributed by atoms with Crippen LogP contribution in [0.1, 0.15) is 78.1 Å². The van der Waals surface area contributed by atoms with E-state index >= 15 is 0 Å². The monoisotopic (exact) mass is 619 g/mol. The molecule has 5 heterocycles. The average molecular weight is 620 g/mol. The van der Waals surface area contributed by atoms with Crippen LogP contribution >= 0.6 is 0 Å². The third-order valence-electron chi connectivity index (χ3n) is 8.67. The van der Waals surface area contributed by atoms with Gasteiger partial charge in [-0.2, -0.15) is 0 Å². The van der Waals surface area contributed by atoms with Gasteiger partial charge in [0.2, 0.25) is 5.91 Å². The molecule has 0 aliphatic carbocycles. The smallest absolute Gasteiger partial charge is 0.322 e. The highest BCUT2D eigenvalue weighted by Crippen LogP contribution is 2.36. The molecule has 5 N–H and O–H groups in total. The van der Waals surface area contributed by atoms with Crippen LogP contribution in [0.15, 0.2) is 43.5 Å². The molecule has 5 rings (SSSR count). The molecular weight excluding hydrogens is 582 g/mol. The fourth-order valence-electron chi connectivity index (χ4n) is 6.04. The molecule has 0 spiro atoms. The van der Waals surface area contributed by atoms with E-state index in [4.69, 9.17) is 15.1 Å². The minimum atomic E-state index is -1.11. The molecule has 0 unspecified atom stereocenters. The topological polar surface area (TPSA) is 161 Å². The molecule has 10 nitrogen and oxygen atoms in total. The van der Waals surface area contributed by atoms with Gasteiger partial charge in [0.15, 0.2) is 0 Å². The van der Waals surface area contributed by atoms with Gasteiger partial charge in [-0.3, -0.25) is 14.4 Å². The number of aromatic amines is 2. The number of aliphatic carboxylic acids is 2. The molecule has 236 valence electrons. The first-order chi connectivity index (χ1) is 21.9. The number of aromatic nitrogens is 4. The number of amides is 1. The van der Waals surface area contributed by atoms with Crippen LogP contribution in [0.5, 0.6) is 0 Å². The summed E-state index contributed by atoms with van der Waals surface area (Å²) in [4.78, 5) is 52.1. The fourth-order valence-corrected chi connectivity index (χ4v) is 6.04. The number of hydrogen-bond donors (Lipinski definition) is 5. The van der Waals surface area contributed by atoms with Crippen LogP contribution < -0.4 is 5.32 Å². The second-order valence-corrected chi connectivity index (χ2v) is 11.5. The second-order valence-electron chi connectivity index (χ2n) is 11.5. The summed E-state index contributed by atoms with van der Waals surface area (Å²) >= 11 is 0. The zero-order chi connectivity index (χ0) is 33.3.